The van der Waals surface area contributed by atoms with Crippen molar-refractivity contribution in [3.05, 3.63) is 52.8 Å². The molecule has 20 heavy (non-hydrogen) atoms. The van der Waals surface area contributed by atoms with Crippen LogP contribution in [0.3, 0.4) is 0 Å². The van der Waals surface area contributed by atoms with Crippen molar-refractivity contribution in [3.8, 4) is 6.07 Å². The Kier molecular flexibility index (Phi) is 3.90. The van der Waals surface area contributed by atoms with Crippen LogP contribution < -0.4 is 10.6 Å². The third kappa shape index (κ3) is 2.89. The lowest BCUT2D eigenvalue weighted by Crippen LogP contribution is -2.18. The second-order valence-electron chi connectivity index (χ2n) is 4.95. The number of nitrogen functional groups attached to an aromatic ring is 1. The number of benzene rings is 1. The molecule has 0 aliphatic carbocycles. The van der Waals surface area contributed by atoms with E-state index in [-0.39, 0.29) is 0 Å². The first-order chi connectivity index (χ1) is 9.51. The molecule has 2 aromatic rings. The summed E-state index contributed by atoms with van der Waals surface area (Å²) in [6.07, 6.45) is 0. The van der Waals surface area contributed by atoms with E-state index >= 15 is 0 Å². The van der Waals surface area contributed by atoms with Crippen LogP contribution in [0, 0.1) is 25.2 Å². The standard InChI is InChI=1S/C16H18N4/c1-11-8-16(15(9-17)12(2)19-11)20(3)10-13-4-6-14(18)7-5-13/h4-8H,10,18H2,1-3H3. The lowest BCUT2D eigenvalue weighted by atomic mass is 10.1. The van der Waals surface area contributed by atoms with Gasteiger partial charge in [-0.05, 0) is 37.6 Å². The molecular weight excluding hydrogens is 248 g/mol. The number of nitriles is 1. The Morgan fingerprint density at radius 3 is 2.50 bits per heavy atom. The molecule has 0 unspecified atom stereocenters. The number of nitrogens with two attached hydrogens (primary N) is 1. The molecule has 1 aromatic heterocycles. The summed E-state index contributed by atoms with van der Waals surface area (Å²) in [5, 5.41) is 9.31. The van der Waals surface area contributed by atoms with Crippen LogP contribution in [-0.4, -0.2) is 12.0 Å². The minimum absolute atomic E-state index is 0.633. The van der Waals surface area contributed by atoms with Crippen molar-refractivity contribution >= 4 is 11.4 Å². The Morgan fingerprint density at radius 2 is 1.90 bits per heavy atom. The van der Waals surface area contributed by atoms with Gasteiger partial charge in [-0.2, -0.15) is 5.26 Å². The highest BCUT2D eigenvalue weighted by Crippen LogP contribution is 2.23. The van der Waals surface area contributed by atoms with E-state index < -0.39 is 0 Å². The van der Waals surface area contributed by atoms with Crippen molar-refractivity contribution in [1.29, 1.82) is 5.26 Å². The van der Waals surface area contributed by atoms with Crippen molar-refractivity contribution < 1.29 is 0 Å². The van der Waals surface area contributed by atoms with E-state index in [2.05, 4.69) is 16.0 Å². The average Bonchev–Trinajstić information content (AvgIpc) is 2.40. The van der Waals surface area contributed by atoms with Gasteiger partial charge >= 0.3 is 0 Å². The van der Waals surface area contributed by atoms with E-state index in [9.17, 15) is 5.26 Å². The van der Waals surface area contributed by atoms with Crippen molar-refractivity contribution in [2.24, 2.45) is 0 Å². The van der Waals surface area contributed by atoms with Crippen molar-refractivity contribution in [2.75, 3.05) is 17.7 Å². The van der Waals surface area contributed by atoms with Crippen LogP contribution >= 0.6 is 0 Å². The van der Waals surface area contributed by atoms with Gasteiger partial charge in [0.25, 0.3) is 0 Å². The summed E-state index contributed by atoms with van der Waals surface area (Å²) in [6, 6.07) is 12.0. The number of rotatable bonds is 3. The summed E-state index contributed by atoms with van der Waals surface area (Å²) >= 11 is 0. The van der Waals surface area contributed by atoms with E-state index in [1.54, 1.807) is 0 Å². The minimum Gasteiger partial charge on any atom is -0.399 e. The fourth-order valence-corrected chi connectivity index (χ4v) is 2.23. The molecule has 0 saturated heterocycles. The zero-order valence-corrected chi connectivity index (χ0v) is 12.0. The van der Waals surface area contributed by atoms with Crippen LogP contribution in [0.2, 0.25) is 0 Å². The second-order valence-corrected chi connectivity index (χ2v) is 4.95. The maximum Gasteiger partial charge on any atom is 0.103 e. The number of pyridine rings is 1. The first-order valence-electron chi connectivity index (χ1n) is 6.45. The van der Waals surface area contributed by atoms with Crippen molar-refractivity contribution in [2.45, 2.75) is 20.4 Å². The van der Waals surface area contributed by atoms with Gasteiger partial charge in [0.2, 0.25) is 0 Å². The first kappa shape index (κ1) is 13.9. The molecule has 0 fully saturated rings. The van der Waals surface area contributed by atoms with Gasteiger partial charge in [0.05, 0.1) is 16.9 Å². The predicted molar refractivity (Wildman–Crippen MR) is 81.4 cm³/mol. The van der Waals surface area contributed by atoms with E-state index in [1.165, 1.54) is 0 Å². The Morgan fingerprint density at radius 1 is 1.25 bits per heavy atom. The van der Waals surface area contributed by atoms with Crippen molar-refractivity contribution in [3.63, 3.8) is 0 Å². The van der Waals surface area contributed by atoms with Gasteiger partial charge in [-0.1, -0.05) is 12.1 Å². The first-order valence-corrected chi connectivity index (χ1v) is 6.45. The third-order valence-corrected chi connectivity index (χ3v) is 3.23. The summed E-state index contributed by atoms with van der Waals surface area (Å²) in [7, 11) is 1.98. The zero-order chi connectivity index (χ0) is 14.7. The molecule has 4 heteroatoms. The molecule has 2 N–H and O–H groups in total. The maximum atomic E-state index is 9.31. The molecule has 0 bridgehead atoms. The lowest BCUT2D eigenvalue weighted by molar-refractivity contribution is 0.911. The lowest BCUT2D eigenvalue weighted by Gasteiger charge is -2.22. The highest BCUT2D eigenvalue weighted by molar-refractivity contribution is 5.61. The monoisotopic (exact) mass is 266 g/mol. The third-order valence-electron chi connectivity index (χ3n) is 3.23. The normalized spacial score (nSPS) is 10.1. The number of anilines is 2. The number of aryl methyl sites for hydroxylation is 2. The number of hydrogen-bond acceptors (Lipinski definition) is 4. The van der Waals surface area contributed by atoms with Crippen LogP contribution in [0.15, 0.2) is 30.3 Å². The molecular formula is C16H18N4. The molecule has 102 valence electrons. The summed E-state index contributed by atoms with van der Waals surface area (Å²) < 4.78 is 0. The maximum absolute atomic E-state index is 9.31. The van der Waals surface area contributed by atoms with Gasteiger partial charge in [-0.15, -0.1) is 0 Å². The smallest absolute Gasteiger partial charge is 0.103 e. The molecule has 2 rings (SSSR count). The minimum atomic E-state index is 0.633. The fraction of sp³-hybridized carbons (Fsp3) is 0.250. The average molecular weight is 266 g/mol. The van der Waals surface area contributed by atoms with Gasteiger partial charge in [0.1, 0.15) is 6.07 Å². The van der Waals surface area contributed by atoms with Crippen molar-refractivity contribution in [1.82, 2.24) is 4.98 Å². The van der Waals surface area contributed by atoms with Crippen LogP contribution in [-0.2, 0) is 6.54 Å². The molecule has 0 radical (unpaired) electrons. The largest absolute Gasteiger partial charge is 0.399 e. The predicted octanol–water partition coefficient (Wildman–Crippen LogP) is 2.79. The Labute approximate surface area is 119 Å². The molecule has 1 heterocycles. The Balaban J connectivity index is 2.32. The quantitative estimate of drug-likeness (QED) is 0.867. The highest BCUT2D eigenvalue weighted by Gasteiger charge is 2.12. The number of aromatic nitrogens is 1. The molecule has 1 aromatic carbocycles. The van der Waals surface area contributed by atoms with E-state index in [4.69, 9.17) is 5.73 Å². The molecule has 0 atom stereocenters. The van der Waals surface area contributed by atoms with E-state index in [0.717, 1.165) is 34.9 Å². The van der Waals surface area contributed by atoms with Gasteiger partial charge in [-0.3, -0.25) is 4.98 Å². The number of nitrogens with zero attached hydrogens (tertiary/aromatic N) is 3. The molecule has 0 saturated carbocycles. The van der Waals surface area contributed by atoms with Crippen LogP contribution in [0.25, 0.3) is 0 Å². The Bertz CT molecular complexity index is 653. The molecule has 0 amide bonds. The van der Waals surface area contributed by atoms with Gasteiger partial charge in [-0.25, -0.2) is 0 Å². The summed E-state index contributed by atoms with van der Waals surface area (Å²) in [5.74, 6) is 0. The zero-order valence-electron chi connectivity index (χ0n) is 12.0. The van der Waals surface area contributed by atoms with E-state index in [0.29, 0.717) is 5.56 Å². The van der Waals surface area contributed by atoms with Gasteiger partial charge in [0.15, 0.2) is 0 Å². The number of hydrogen-bond donors (Lipinski definition) is 1. The highest BCUT2D eigenvalue weighted by atomic mass is 15.1. The van der Waals surface area contributed by atoms with Crippen LogP contribution in [0.5, 0.6) is 0 Å². The summed E-state index contributed by atoms with van der Waals surface area (Å²) in [6.45, 7) is 4.53. The fourth-order valence-electron chi connectivity index (χ4n) is 2.23. The Hall–Kier alpha value is -2.54. The topological polar surface area (TPSA) is 65.9 Å². The molecule has 0 aliphatic heterocycles. The molecule has 4 nitrogen and oxygen atoms in total. The summed E-state index contributed by atoms with van der Waals surface area (Å²) in [4.78, 5) is 6.40. The SMILES string of the molecule is Cc1cc(N(C)Cc2ccc(N)cc2)c(C#N)c(C)n1. The molecule has 0 spiro atoms. The van der Waals surface area contributed by atoms with Gasteiger partial charge < -0.3 is 10.6 Å². The van der Waals surface area contributed by atoms with Crippen LogP contribution in [0.4, 0.5) is 11.4 Å². The van der Waals surface area contributed by atoms with E-state index in [1.807, 2.05) is 51.2 Å². The molecule has 0 aliphatic rings. The summed E-state index contributed by atoms with van der Waals surface area (Å²) in [5.41, 5.74) is 10.8. The second kappa shape index (κ2) is 5.62. The van der Waals surface area contributed by atoms with Gasteiger partial charge in [0, 0.05) is 25.0 Å². The van der Waals surface area contributed by atoms with Crippen LogP contribution in [0.1, 0.15) is 22.5 Å².